The van der Waals surface area contributed by atoms with Gasteiger partial charge in [-0.05, 0) is 23.8 Å². The first-order valence-electron chi connectivity index (χ1n) is 23.2. The van der Waals surface area contributed by atoms with Crippen LogP contribution in [0.3, 0.4) is 0 Å². The number of aromatic nitrogens is 8. The van der Waals surface area contributed by atoms with Crippen LogP contribution in [0.4, 0.5) is 11.6 Å². The smallest absolute Gasteiger partial charge is 0.238 e. The van der Waals surface area contributed by atoms with Crippen LogP contribution in [0.15, 0.2) is 224 Å². The predicted octanol–water partition coefficient (Wildman–Crippen LogP) is 13.6. The van der Waals surface area contributed by atoms with Gasteiger partial charge in [0.2, 0.25) is 11.9 Å². The van der Waals surface area contributed by atoms with Gasteiger partial charge in [0.15, 0.2) is 23.3 Å². The van der Waals surface area contributed by atoms with Crippen molar-refractivity contribution in [2.75, 3.05) is 4.90 Å². The van der Waals surface area contributed by atoms with Crippen molar-refractivity contribution in [1.29, 1.82) is 0 Å². The van der Waals surface area contributed by atoms with Gasteiger partial charge in [0, 0.05) is 55.4 Å². The number of para-hydroxylation sites is 2. The minimum absolute atomic E-state index is 0.0400. The van der Waals surface area contributed by atoms with Crippen LogP contribution in [0.5, 0.6) is 0 Å². The summed E-state index contributed by atoms with van der Waals surface area (Å²) in [7, 11) is 0. The van der Waals surface area contributed by atoms with Crippen LogP contribution in [0.1, 0.15) is 11.5 Å². The van der Waals surface area contributed by atoms with Crippen molar-refractivity contribution in [1.82, 2.24) is 39.0 Å². The van der Waals surface area contributed by atoms with Crippen LogP contribution in [0.2, 0.25) is 0 Å². The molecule has 4 aromatic heterocycles. The Bertz CT molecular complexity index is 3900. The van der Waals surface area contributed by atoms with E-state index in [4.69, 9.17) is 29.9 Å². The average Bonchev–Trinajstić information content (AvgIpc) is 4.08. The first-order chi connectivity index (χ1) is 34.2. The van der Waals surface area contributed by atoms with Crippen molar-refractivity contribution in [3.63, 3.8) is 0 Å². The summed E-state index contributed by atoms with van der Waals surface area (Å²) in [5, 5.41) is 4.39. The maximum Gasteiger partial charge on any atom is 0.238 e. The molecule has 2 atom stereocenters. The lowest BCUT2D eigenvalue weighted by atomic mass is 9.91. The van der Waals surface area contributed by atoms with Gasteiger partial charge in [-0.2, -0.15) is 19.9 Å². The van der Waals surface area contributed by atoms with Gasteiger partial charge in [-0.25, -0.2) is 9.97 Å². The number of benzene rings is 8. The van der Waals surface area contributed by atoms with Crippen molar-refractivity contribution < 1.29 is 0 Å². The summed E-state index contributed by atoms with van der Waals surface area (Å²) >= 11 is 0. The second-order valence-electron chi connectivity index (χ2n) is 17.5. The van der Waals surface area contributed by atoms with Gasteiger partial charge >= 0.3 is 0 Å². The molecule has 0 N–H and O–H groups in total. The number of nitrogens with zero attached hydrogens (tertiary/aromatic N) is 9. The minimum atomic E-state index is -0.100. The van der Waals surface area contributed by atoms with E-state index in [9.17, 15) is 0 Å². The Hall–Kier alpha value is -9.34. The van der Waals surface area contributed by atoms with Crippen LogP contribution < -0.4 is 4.90 Å². The van der Waals surface area contributed by atoms with Crippen molar-refractivity contribution in [3.8, 4) is 57.2 Å². The first-order valence-corrected chi connectivity index (χ1v) is 23.2. The lowest BCUT2D eigenvalue weighted by Crippen LogP contribution is -2.30. The highest BCUT2D eigenvalue weighted by atomic mass is 15.3. The number of allylic oxidation sites excluding steroid dienone is 2. The van der Waals surface area contributed by atoms with Gasteiger partial charge in [0.1, 0.15) is 0 Å². The van der Waals surface area contributed by atoms with E-state index in [0.717, 1.165) is 77.2 Å². The van der Waals surface area contributed by atoms with Gasteiger partial charge in [0.05, 0.1) is 33.8 Å². The summed E-state index contributed by atoms with van der Waals surface area (Å²) in [5.74, 6) is 3.58. The quantitative estimate of drug-likeness (QED) is 0.157. The van der Waals surface area contributed by atoms with Crippen LogP contribution in [0.25, 0.3) is 101 Å². The number of hydrogen-bond donors (Lipinski definition) is 0. The van der Waals surface area contributed by atoms with E-state index >= 15 is 0 Å². The molecule has 2 aliphatic rings. The topological polar surface area (TPSA) is 90.4 Å². The van der Waals surface area contributed by atoms with E-state index in [1.54, 1.807) is 0 Å². The zero-order valence-electron chi connectivity index (χ0n) is 37.0. The van der Waals surface area contributed by atoms with E-state index in [2.05, 4.69) is 166 Å². The molecule has 0 saturated carbocycles. The summed E-state index contributed by atoms with van der Waals surface area (Å²) in [6.45, 7) is 0. The Kier molecular flexibility index (Phi) is 8.82. The third-order valence-electron chi connectivity index (χ3n) is 13.5. The molecule has 8 aromatic carbocycles. The normalized spacial score (nSPS) is 15.1. The molecule has 69 heavy (non-hydrogen) atoms. The van der Waals surface area contributed by atoms with Gasteiger partial charge in [-0.1, -0.05) is 206 Å². The molecule has 324 valence electrons. The van der Waals surface area contributed by atoms with Crippen molar-refractivity contribution in [2.24, 2.45) is 0 Å². The standard InChI is InChI=1S/C60H39N9/c1-6-20-38(21-7-1)55-61-56(39-22-8-2-9-23-39)64-59(63-55)68-49-32-18-16-30-43(49)45-34-36-47-48-37-35-46-44-31-17-19-33-50(44)69(54(46)52(48)67(51(47)53(45)68)42-28-14-5-15-29-42)60-65-57(40-24-10-3-11-25-40)62-58(66-60)41-26-12-4-13-27-41/h1-37,43,49H. The van der Waals surface area contributed by atoms with E-state index in [-0.39, 0.29) is 12.0 Å². The largest absolute Gasteiger partial charge is 0.305 e. The molecule has 9 heteroatoms. The molecule has 0 fully saturated rings. The van der Waals surface area contributed by atoms with E-state index in [0.29, 0.717) is 35.2 Å². The Balaban J connectivity index is 1.12. The first kappa shape index (κ1) is 38.9. The fraction of sp³-hybridized carbons (Fsp3) is 0.0333. The number of anilines is 2. The predicted molar refractivity (Wildman–Crippen MR) is 277 cm³/mol. The number of rotatable bonds is 7. The van der Waals surface area contributed by atoms with Crippen LogP contribution in [0, 0.1) is 0 Å². The molecular weight excluding hydrogens is 847 g/mol. The Morgan fingerprint density at radius 1 is 0.333 bits per heavy atom. The summed E-state index contributed by atoms with van der Waals surface area (Å²) in [6, 6.07) is 69.1. The summed E-state index contributed by atoms with van der Waals surface area (Å²) in [5.41, 5.74) is 11.0. The molecule has 9 nitrogen and oxygen atoms in total. The lowest BCUT2D eigenvalue weighted by molar-refractivity contribution is 0.728. The maximum atomic E-state index is 5.37. The monoisotopic (exact) mass is 885 g/mol. The van der Waals surface area contributed by atoms with E-state index in [1.165, 1.54) is 5.56 Å². The zero-order valence-corrected chi connectivity index (χ0v) is 37.0. The van der Waals surface area contributed by atoms with E-state index in [1.807, 2.05) is 72.8 Å². The van der Waals surface area contributed by atoms with Gasteiger partial charge < -0.3 is 9.47 Å². The molecule has 1 aliphatic heterocycles. The second-order valence-corrected chi connectivity index (χ2v) is 17.5. The third kappa shape index (κ3) is 6.17. The highest BCUT2D eigenvalue weighted by Crippen LogP contribution is 2.53. The fourth-order valence-corrected chi connectivity index (χ4v) is 10.5. The fourth-order valence-electron chi connectivity index (χ4n) is 10.5. The van der Waals surface area contributed by atoms with Gasteiger partial charge in [0.25, 0.3) is 0 Å². The molecule has 14 rings (SSSR count). The Morgan fingerprint density at radius 3 is 1.33 bits per heavy atom. The highest BCUT2D eigenvalue weighted by Gasteiger charge is 2.42. The maximum absolute atomic E-state index is 5.37. The summed E-state index contributed by atoms with van der Waals surface area (Å²) in [4.78, 5) is 34.0. The van der Waals surface area contributed by atoms with Crippen LogP contribution in [-0.2, 0) is 0 Å². The minimum Gasteiger partial charge on any atom is -0.305 e. The van der Waals surface area contributed by atoms with Crippen molar-refractivity contribution in [3.05, 3.63) is 230 Å². The molecule has 0 saturated heterocycles. The summed E-state index contributed by atoms with van der Waals surface area (Å²) in [6.07, 6.45) is 8.90. The molecule has 0 amide bonds. The van der Waals surface area contributed by atoms with Crippen molar-refractivity contribution >= 4 is 55.2 Å². The Morgan fingerprint density at radius 2 is 0.768 bits per heavy atom. The zero-order chi connectivity index (χ0) is 45.4. The van der Waals surface area contributed by atoms with Crippen LogP contribution >= 0.6 is 0 Å². The SMILES string of the molecule is C1=CC2c3ccc4c5ccc6c7ccccc7n(-c7nc(-c8ccccc8)nc(-c8ccccc8)n7)c6c5n(-c5ccccc5)c4c3N(c3nc(-c4ccccc4)nc(-c4ccccc4)n3)C2C=C1. The summed E-state index contributed by atoms with van der Waals surface area (Å²) < 4.78 is 4.70. The van der Waals surface area contributed by atoms with Crippen molar-refractivity contribution in [2.45, 2.75) is 12.0 Å². The Labute approximate surface area is 396 Å². The molecule has 1 aliphatic carbocycles. The molecule has 5 heterocycles. The lowest BCUT2D eigenvalue weighted by Gasteiger charge is -2.27. The average molecular weight is 886 g/mol. The molecule has 12 aromatic rings. The van der Waals surface area contributed by atoms with Crippen LogP contribution in [-0.4, -0.2) is 45.1 Å². The van der Waals surface area contributed by atoms with Gasteiger partial charge in [-0.3, -0.25) is 4.57 Å². The third-order valence-corrected chi connectivity index (χ3v) is 13.5. The molecular formula is C60H39N9. The molecule has 0 radical (unpaired) electrons. The molecule has 2 unspecified atom stereocenters. The molecule has 0 spiro atoms. The second kappa shape index (κ2) is 15.6. The highest BCUT2D eigenvalue weighted by molar-refractivity contribution is 6.25. The molecule has 0 bridgehead atoms. The number of hydrogen-bond acceptors (Lipinski definition) is 7. The van der Waals surface area contributed by atoms with E-state index < -0.39 is 0 Å². The number of fused-ring (bicyclic) bond motifs is 11. The van der Waals surface area contributed by atoms with Gasteiger partial charge in [-0.15, -0.1) is 0 Å².